The Morgan fingerprint density at radius 1 is 1.32 bits per heavy atom. The first-order chi connectivity index (χ1) is 8.70. The minimum absolute atomic E-state index is 0.124. The molecule has 110 valence electrons. The van der Waals surface area contributed by atoms with Crippen LogP contribution in [0.5, 0.6) is 0 Å². The Morgan fingerprint density at radius 2 is 1.95 bits per heavy atom. The Balaban J connectivity index is 2.83. The Hall–Kier alpha value is -0.450. The van der Waals surface area contributed by atoms with Crippen LogP contribution >= 0.6 is 11.3 Å². The molecule has 1 N–H and O–H groups in total. The predicted molar refractivity (Wildman–Crippen MR) is 83.1 cm³/mol. The molecule has 1 rings (SSSR count). The Bertz CT molecular complexity index is 393. The van der Waals surface area contributed by atoms with E-state index < -0.39 is 0 Å². The summed E-state index contributed by atoms with van der Waals surface area (Å²) < 4.78 is 5.61. The fourth-order valence-electron chi connectivity index (χ4n) is 1.88. The van der Waals surface area contributed by atoms with E-state index in [4.69, 9.17) is 9.72 Å². The second kappa shape index (κ2) is 6.33. The molecule has 19 heavy (non-hydrogen) atoms. The van der Waals surface area contributed by atoms with Gasteiger partial charge in [0.05, 0.1) is 16.3 Å². The fraction of sp³-hybridized carbons (Fsp3) is 0.800. The third-order valence-electron chi connectivity index (χ3n) is 3.51. The lowest BCUT2D eigenvalue weighted by Crippen LogP contribution is -2.49. The second-order valence-electron chi connectivity index (χ2n) is 6.50. The topological polar surface area (TPSA) is 34.2 Å². The lowest BCUT2D eigenvalue weighted by molar-refractivity contribution is -0.00962. The number of likely N-dealkylation sites (N-methyl/N-ethyl adjacent to an activating group) is 1. The maximum Gasteiger partial charge on any atom is 0.0945 e. The molecule has 0 bridgehead atoms. The van der Waals surface area contributed by atoms with Gasteiger partial charge in [0.15, 0.2) is 0 Å². The van der Waals surface area contributed by atoms with Crippen LogP contribution in [0.3, 0.4) is 0 Å². The van der Waals surface area contributed by atoms with Crippen molar-refractivity contribution in [2.45, 2.75) is 65.0 Å². The van der Waals surface area contributed by atoms with E-state index in [-0.39, 0.29) is 17.1 Å². The van der Waals surface area contributed by atoms with E-state index in [0.29, 0.717) is 0 Å². The van der Waals surface area contributed by atoms with Crippen molar-refractivity contribution < 1.29 is 4.74 Å². The second-order valence-corrected chi connectivity index (χ2v) is 7.44. The van der Waals surface area contributed by atoms with E-state index in [1.165, 1.54) is 10.7 Å². The normalized spacial score (nSPS) is 14.7. The highest BCUT2D eigenvalue weighted by Gasteiger charge is 2.30. The van der Waals surface area contributed by atoms with Gasteiger partial charge in [-0.1, -0.05) is 27.7 Å². The molecule has 0 fully saturated rings. The quantitative estimate of drug-likeness (QED) is 0.869. The largest absolute Gasteiger partial charge is 0.377 e. The molecular weight excluding hydrogens is 256 g/mol. The number of aromatic nitrogens is 1. The SMILES string of the molecule is CCNC(Cc1nc(C(C)(C)C)cs1)C(C)(C)OC. The molecule has 0 aliphatic heterocycles. The zero-order valence-electron chi connectivity index (χ0n) is 13.3. The summed E-state index contributed by atoms with van der Waals surface area (Å²) in [5, 5.41) is 6.87. The van der Waals surface area contributed by atoms with Crippen LogP contribution in [-0.2, 0) is 16.6 Å². The van der Waals surface area contributed by atoms with Gasteiger partial charge in [0, 0.05) is 30.4 Å². The van der Waals surface area contributed by atoms with Gasteiger partial charge in [0.2, 0.25) is 0 Å². The number of nitrogens with one attached hydrogen (secondary N) is 1. The zero-order chi connectivity index (χ0) is 14.7. The fourth-order valence-corrected chi connectivity index (χ4v) is 2.94. The highest BCUT2D eigenvalue weighted by atomic mass is 32.1. The van der Waals surface area contributed by atoms with Gasteiger partial charge in [-0.05, 0) is 20.4 Å². The molecule has 0 saturated carbocycles. The van der Waals surface area contributed by atoms with Crippen LogP contribution in [0.25, 0.3) is 0 Å². The summed E-state index contributed by atoms with van der Waals surface area (Å²) in [6.07, 6.45) is 0.912. The minimum Gasteiger partial charge on any atom is -0.377 e. The summed E-state index contributed by atoms with van der Waals surface area (Å²) in [5.41, 5.74) is 1.11. The van der Waals surface area contributed by atoms with Gasteiger partial charge in [-0.2, -0.15) is 0 Å². The van der Waals surface area contributed by atoms with Crippen LogP contribution in [0.15, 0.2) is 5.38 Å². The number of hydrogen-bond acceptors (Lipinski definition) is 4. The first kappa shape index (κ1) is 16.6. The highest BCUT2D eigenvalue weighted by molar-refractivity contribution is 7.09. The van der Waals surface area contributed by atoms with E-state index >= 15 is 0 Å². The number of rotatable bonds is 6. The molecule has 0 aliphatic rings. The van der Waals surface area contributed by atoms with Gasteiger partial charge in [-0.3, -0.25) is 0 Å². The Kier molecular flexibility index (Phi) is 5.53. The average molecular weight is 284 g/mol. The maximum absolute atomic E-state index is 5.61. The molecule has 1 atom stereocenters. The molecule has 0 radical (unpaired) electrons. The van der Waals surface area contributed by atoms with Crippen LogP contribution in [0.2, 0.25) is 0 Å². The van der Waals surface area contributed by atoms with Crippen molar-refractivity contribution in [2.75, 3.05) is 13.7 Å². The molecule has 1 heterocycles. The van der Waals surface area contributed by atoms with Crippen molar-refractivity contribution in [3.63, 3.8) is 0 Å². The lowest BCUT2D eigenvalue weighted by Gasteiger charge is -2.33. The number of thiazole rings is 1. The zero-order valence-corrected chi connectivity index (χ0v) is 14.1. The van der Waals surface area contributed by atoms with Crippen LogP contribution in [-0.4, -0.2) is 30.3 Å². The molecule has 0 aliphatic carbocycles. The molecular formula is C15H28N2OS. The molecule has 0 amide bonds. The average Bonchev–Trinajstić information content (AvgIpc) is 2.77. The van der Waals surface area contributed by atoms with Crippen molar-refractivity contribution in [1.29, 1.82) is 0 Å². The van der Waals surface area contributed by atoms with E-state index in [1.807, 2.05) is 0 Å². The van der Waals surface area contributed by atoms with Crippen LogP contribution in [0.1, 0.15) is 52.2 Å². The monoisotopic (exact) mass is 284 g/mol. The third-order valence-corrected chi connectivity index (χ3v) is 4.39. The molecule has 0 saturated heterocycles. The first-order valence-corrected chi connectivity index (χ1v) is 7.82. The van der Waals surface area contributed by atoms with Gasteiger partial charge in [0.1, 0.15) is 0 Å². The summed E-state index contributed by atoms with van der Waals surface area (Å²) in [4.78, 5) is 4.77. The first-order valence-electron chi connectivity index (χ1n) is 6.94. The molecule has 0 spiro atoms. The molecule has 0 aromatic carbocycles. The minimum atomic E-state index is -0.191. The summed E-state index contributed by atoms with van der Waals surface area (Å²) >= 11 is 1.75. The van der Waals surface area contributed by atoms with Gasteiger partial charge >= 0.3 is 0 Å². The smallest absolute Gasteiger partial charge is 0.0945 e. The Morgan fingerprint density at radius 3 is 2.37 bits per heavy atom. The summed E-state index contributed by atoms with van der Waals surface area (Å²) in [7, 11) is 1.77. The maximum atomic E-state index is 5.61. The molecule has 3 nitrogen and oxygen atoms in total. The van der Waals surface area contributed by atoms with Crippen LogP contribution < -0.4 is 5.32 Å². The third kappa shape index (κ3) is 4.55. The van der Waals surface area contributed by atoms with Crippen molar-refractivity contribution in [1.82, 2.24) is 10.3 Å². The van der Waals surface area contributed by atoms with Gasteiger partial charge in [0.25, 0.3) is 0 Å². The van der Waals surface area contributed by atoms with Gasteiger partial charge < -0.3 is 10.1 Å². The molecule has 1 aromatic heterocycles. The summed E-state index contributed by atoms with van der Waals surface area (Å²) in [5.74, 6) is 0. The van der Waals surface area contributed by atoms with E-state index in [9.17, 15) is 0 Å². The van der Waals surface area contributed by atoms with E-state index in [1.54, 1.807) is 18.4 Å². The molecule has 1 aromatic rings. The Labute approximate surface area is 121 Å². The lowest BCUT2D eigenvalue weighted by atomic mass is 9.93. The van der Waals surface area contributed by atoms with Crippen molar-refractivity contribution in [3.8, 4) is 0 Å². The van der Waals surface area contributed by atoms with Crippen LogP contribution in [0, 0.1) is 0 Å². The van der Waals surface area contributed by atoms with Gasteiger partial charge in [-0.25, -0.2) is 4.98 Å². The number of methoxy groups -OCH3 is 1. The summed E-state index contributed by atoms with van der Waals surface area (Å²) in [6, 6.07) is 0.279. The molecule has 4 heteroatoms. The van der Waals surface area contributed by atoms with Crippen molar-refractivity contribution in [3.05, 3.63) is 16.1 Å². The number of ether oxygens (including phenoxy) is 1. The van der Waals surface area contributed by atoms with Gasteiger partial charge in [-0.15, -0.1) is 11.3 Å². The molecule has 1 unspecified atom stereocenters. The van der Waals surface area contributed by atoms with Crippen LogP contribution in [0.4, 0.5) is 0 Å². The number of nitrogens with zero attached hydrogens (tertiary/aromatic N) is 1. The standard InChI is InChI=1S/C15H28N2OS/c1-8-16-11(15(5,6)18-7)9-13-17-12(10-19-13)14(2,3)4/h10-11,16H,8-9H2,1-7H3. The van der Waals surface area contributed by atoms with Crippen molar-refractivity contribution in [2.24, 2.45) is 0 Å². The van der Waals surface area contributed by atoms with E-state index in [0.717, 1.165) is 13.0 Å². The summed E-state index contributed by atoms with van der Waals surface area (Å²) in [6.45, 7) is 13.9. The predicted octanol–water partition coefficient (Wildman–Crippen LogP) is 3.39. The number of hydrogen-bond donors (Lipinski definition) is 1. The van der Waals surface area contributed by atoms with E-state index in [2.05, 4.69) is 52.2 Å². The van der Waals surface area contributed by atoms with Crippen molar-refractivity contribution >= 4 is 11.3 Å². The highest BCUT2D eigenvalue weighted by Crippen LogP contribution is 2.26.